The molecular formula is C17H24N3O4+. The van der Waals surface area contributed by atoms with Gasteiger partial charge in [-0.05, 0) is 19.1 Å². The zero-order chi connectivity index (χ0) is 16.9. The molecule has 0 bridgehead atoms. The zero-order valence-electron chi connectivity index (χ0n) is 13.9. The van der Waals surface area contributed by atoms with Crippen LogP contribution >= 0.6 is 0 Å². The van der Waals surface area contributed by atoms with Crippen LogP contribution in [0.15, 0.2) is 24.3 Å². The number of carbonyl (C=O) groups excluding carboxylic acids is 2. The first-order valence-corrected chi connectivity index (χ1v) is 8.42. The van der Waals surface area contributed by atoms with Gasteiger partial charge in [0.15, 0.2) is 30.7 Å². The Labute approximate surface area is 141 Å². The van der Waals surface area contributed by atoms with Gasteiger partial charge in [-0.1, -0.05) is 12.1 Å². The lowest BCUT2D eigenvalue weighted by molar-refractivity contribution is -0.885. The van der Waals surface area contributed by atoms with Gasteiger partial charge in [0.1, 0.15) is 6.61 Å². The second kappa shape index (κ2) is 7.53. The summed E-state index contributed by atoms with van der Waals surface area (Å²) in [5.41, 5.74) is 0. The van der Waals surface area contributed by atoms with Crippen LogP contribution in [-0.2, 0) is 9.59 Å². The third-order valence-corrected chi connectivity index (χ3v) is 4.34. The fraction of sp³-hybridized carbons (Fsp3) is 0.529. The van der Waals surface area contributed by atoms with E-state index in [4.69, 9.17) is 9.47 Å². The molecule has 0 aromatic heterocycles. The first-order chi connectivity index (χ1) is 11.7. The van der Waals surface area contributed by atoms with Crippen LogP contribution in [-0.4, -0.2) is 68.7 Å². The highest BCUT2D eigenvalue weighted by Gasteiger charge is 2.28. The van der Waals surface area contributed by atoms with Gasteiger partial charge in [-0.3, -0.25) is 9.59 Å². The normalized spacial score (nSPS) is 22.6. The van der Waals surface area contributed by atoms with Gasteiger partial charge in [0.2, 0.25) is 0 Å². The van der Waals surface area contributed by atoms with Crippen molar-refractivity contribution >= 4 is 11.8 Å². The number of fused-ring (bicyclic) bond motifs is 1. The smallest absolute Gasteiger partial charge is 0.277 e. The Morgan fingerprint density at radius 2 is 2.17 bits per heavy atom. The maximum Gasteiger partial charge on any atom is 0.277 e. The summed E-state index contributed by atoms with van der Waals surface area (Å²) in [5.74, 6) is 1.51. The number of rotatable bonds is 5. The highest BCUT2D eigenvalue weighted by atomic mass is 16.6. The number of hydrogen-bond acceptors (Lipinski definition) is 4. The highest BCUT2D eigenvalue weighted by molar-refractivity contribution is 5.79. The minimum Gasteiger partial charge on any atom is -0.486 e. The lowest BCUT2D eigenvalue weighted by atomic mass is 10.2. The predicted octanol–water partition coefficient (Wildman–Crippen LogP) is -1.31. The molecule has 2 atom stereocenters. The standard InChI is InChI=1S/C17H23N3O4/c1-2-20(17(22)11-19-8-7-18-16(21)10-19)9-13-12-23-14-5-3-4-6-15(14)24-13/h3-6,13H,2,7-12H2,1H3,(H,18,21)/p+1/t13-/m1/s1. The zero-order valence-corrected chi connectivity index (χ0v) is 13.9. The van der Waals surface area contributed by atoms with Crippen LogP contribution < -0.4 is 19.7 Å². The molecule has 3 rings (SSSR count). The highest BCUT2D eigenvalue weighted by Crippen LogP contribution is 2.30. The summed E-state index contributed by atoms with van der Waals surface area (Å²) in [6.07, 6.45) is -0.177. The van der Waals surface area contributed by atoms with E-state index in [-0.39, 0.29) is 17.9 Å². The molecule has 2 aliphatic heterocycles. The molecule has 7 heteroatoms. The molecule has 1 aromatic carbocycles. The summed E-state index contributed by atoms with van der Waals surface area (Å²) >= 11 is 0. The number of quaternary nitrogens is 1. The summed E-state index contributed by atoms with van der Waals surface area (Å²) in [6, 6.07) is 7.55. The van der Waals surface area contributed by atoms with Crippen molar-refractivity contribution < 1.29 is 24.0 Å². The summed E-state index contributed by atoms with van der Waals surface area (Å²) in [7, 11) is 0. The number of nitrogens with one attached hydrogen (secondary N) is 2. The number of piperazine rings is 1. The molecule has 2 N–H and O–H groups in total. The quantitative estimate of drug-likeness (QED) is 0.701. The lowest BCUT2D eigenvalue weighted by Gasteiger charge is -2.31. The van der Waals surface area contributed by atoms with Crippen LogP contribution in [0.5, 0.6) is 11.5 Å². The minimum absolute atomic E-state index is 0.00715. The average Bonchev–Trinajstić information content (AvgIpc) is 2.59. The molecule has 0 saturated carbocycles. The number of ether oxygens (including phenoxy) is 2. The molecule has 0 spiro atoms. The molecule has 24 heavy (non-hydrogen) atoms. The van der Waals surface area contributed by atoms with E-state index < -0.39 is 0 Å². The van der Waals surface area contributed by atoms with Crippen LogP contribution in [0.25, 0.3) is 0 Å². The van der Waals surface area contributed by atoms with E-state index in [0.29, 0.717) is 39.3 Å². The number of benzene rings is 1. The number of amides is 2. The van der Waals surface area contributed by atoms with Crippen molar-refractivity contribution in [3.8, 4) is 11.5 Å². The van der Waals surface area contributed by atoms with E-state index in [0.717, 1.165) is 22.9 Å². The lowest BCUT2D eigenvalue weighted by Crippen LogP contribution is -3.16. The number of hydrogen-bond donors (Lipinski definition) is 2. The predicted molar refractivity (Wildman–Crippen MR) is 87.2 cm³/mol. The van der Waals surface area contributed by atoms with E-state index in [9.17, 15) is 9.59 Å². The Balaban J connectivity index is 1.54. The van der Waals surface area contributed by atoms with E-state index >= 15 is 0 Å². The van der Waals surface area contributed by atoms with Gasteiger partial charge in [-0.15, -0.1) is 0 Å². The average molecular weight is 334 g/mol. The number of likely N-dealkylation sites (N-methyl/N-ethyl adjacent to an activating group) is 1. The van der Waals surface area contributed by atoms with E-state index in [1.54, 1.807) is 4.90 Å². The van der Waals surface area contributed by atoms with E-state index in [2.05, 4.69) is 5.32 Å². The Kier molecular flexibility index (Phi) is 5.20. The molecule has 2 heterocycles. The molecule has 130 valence electrons. The second-order valence-corrected chi connectivity index (χ2v) is 6.13. The molecule has 1 fully saturated rings. The molecule has 0 aliphatic carbocycles. The van der Waals surface area contributed by atoms with Gasteiger partial charge in [0.05, 0.1) is 19.6 Å². The van der Waals surface area contributed by atoms with Crippen molar-refractivity contribution in [2.75, 3.05) is 45.9 Å². The summed E-state index contributed by atoms with van der Waals surface area (Å²) < 4.78 is 11.6. The topological polar surface area (TPSA) is 72.3 Å². The van der Waals surface area contributed by atoms with E-state index in [1.165, 1.54) is 0 Å². The van der Waals surface area contributed by atoms with Crippen LogP contribution in [0.1, 0.15) is 6.92 Å². The largest absolute Gasteiger partial charge is 0.486 e. The Morgan fingerprint density at radius 1 is 1.38 bits per heavy atom. The van der Waals surface area contributed by atoms with Crippen molar-refractivity contribution in [1.29, 1.82) is 0 Å². The third-order valence-electron chi connectivity index (χ3n) is 4.34. The number of carbonyl (C=O) groups is 2. The minimum atomic E-state index is -0.177. The van der Waals surface area contributed by atoms with Crippen molar-refractivity contribution in [3.63, 3.8) is 0 Å². The van der Waals surface area contributed by atoms with Gasteiger partial charge >= 0.3 is 0 Å². The molecular weight excluding hydrogens is 310 g/mol. The molecule has 1 unspecified atom stereocenters. The molecule has 1 saturated heterocycles. The van der Waals surface area contributed by atoms with Crippen LogP contribution in [0.3, 0.4) is 0 Å². The van der Waals surface area contributed by atoms with E-state index in [1.807, 2.05) is 31.2 Å². The first kappa shape index (κ1) is 16.6. The van der Waals surface area contributed by atoms with Crippen molar-refractivity contribution in [3.05, 3.63) is 24.3 Å². The van der Waals surface area contributed by atoms with Gasteiger partial charge in [0, 0.05) is 6.54 Å². The van der Waals surface area contributed by atoms with Gasteiger partial charge in [-0.25, -0.2) is 0 Å². The molecule has 7 nitrogen and oxygen atoms in total. The van der Waals surface area contributed by atoms with Crippen molar-refractivity contribution in [2.24, 2.45) is 0 Å². The fourth-order valence-electron chi connectivity index (χ4n) is 3.04. The molecule has 2 amide bonds. The van der Waals surface area contributed by atoms with Gasteiger partial charge in [-0.2, -0.15) is 0 Å². The SMILES string of the molecule is CCN(C[C@@H]1COc2ccccc2O1)C(=O)C[NH+]1CCNC(=O)C1. The number of para-hydroxylation sites is 2. The Morgan fingerprint density at radius 3 is 2.92 bits per heavy atom. The first-order valence-electron chi connectivity index (χ1n) is 8.42. The summed E-state index contributed by atoms with van der Waals surface area (Å²) in [6.45, 7) is 5.59. The molecule has 1 aromatic rings. The Bertz CT molecular complexity index is 607. The summed E-state index contributed by atoms with van der Waals surface area (Å²) in [4.78, 5) is 26.8. The number of nitrogens with zero attached hydrogens (tertiary/aromatic N) is 1. The molecule has 2 aliphatic rings. The van der Waals surface area contributed by atoms with Crippen LogP contribution in [0.2, 0.25) is 0 Å². The van der Waals surface area contributed by atoms with Gasteiger partial charge in [0.25, 0.3) is 11.8 Å². The third kappa shape index (κ3) is 3.97. The van der Waals surface area contributed by atoms with Gasteiger partial charge < -0.3 is 24.6 Å². The maximum absolute atomic E-state index is 12.5. The van der Waals surface area contributed by atoms with Crippen LogP contribution in [0, 0.1) is 0 Å². The second-order valence-electron chi connectivity index (χ2n) is 6.13. The fourth-order valence-corrected chi connectivity index (χ4v) is 3.04. The Hall–Kier alpha value is -2.28. The maximum atomic E-state index is 12.5. The summed E-state index contributed by atoms with van der Waals surface area (Å²) in [5, 5.41) is 2.78. The van der Waals surface area contributed by atoms with Crippen molar-refractivity contribution in [2.45, 2.75) is 13.0 Å². The monoisotopic (exact) mass is 334 g/mol. The molecule has 0 radical (unpaired) electrons. The van der Waals surface area contributed by atoms with Crippen molar-refractivity contribution in [1.82, 2.24) is 10.2 Å². The van der Waals surface area contributed by atoms with Crippen LogP contribution in [0.4, 0.5) is 0 Å².